The average Bonchev–Trinajstić information content (AvgIpc) is 2.07. The first kappa shape index (κ1) is 11.1. The van der Waals surface area contributed by atoms with Crippen molar-refractivity contribution in [2.75, 3.05) is 19.0 Å². The molecular formula is C12H20N2. The summed E-state index contributed by atoms with van der Waals surface area (Å²) in [4.78, 5) is 2.14. The molecule has 14 heavy (non-hydrogen) atoms. The van der Waals surface area contributed by atoms with Crippen molar-refractivity contribution in [1.82, 2.24) is 0 Å². The number of benzene rings is 1. The molecule has 1 unspecified atom stereocenters. The molecule has 0 aliphatic rings. The molecule has 0 heterocycles. The molecule has 0 fully saturated rings. The number of rotatable bonds is 3. The Morgan fingerprint density at radius 1 is 1.36 bits per heavy atom. The molecule has 1 atom stereocenters. The van der Waals surface area contributed by atoms with Crippen LogP contribution in [0.3, 0.4) is 0 Å². The molecule has 1 aromatic rings. The van der Waals surface area contributed by atoms with Crippen molar-refractivity contribution in [2.24, 2.45) is 5.73 Å². The number of anilines is 1. The summed E-state index contributed by atoms with van der Waals surface area (Å²) in [6.07, 6.45) is 0.946. The highest BCUT2D eigenvalue weighted by molar-refractivity contribution is 5.53. The van der Waals surface area contributed by atoms with Crippen molar-refractivity contribution in [3.63, 3.8) is 0 Å². The molecule has 2 nitrogen and oxygen atoms in total. The third-order valence-electron chi connectivity index (χ3n) is 2.31. The van der Waals surface area contributed by atoms with Crippen LogP contribution in [0.2, 0.25) is 0 Å². The lowest BCUT2D eigenvalue weighted by molar-refractivity contribution is 0.738. The van der Waals surface area contributed by atoms with E-state index in [0.29, 0.717) is 0 Å². The predicted octanol–water partition coefficient (Wildman–Crippen LogP) is 1.95. The van der Waals surface area contributed by atoms with Crippen LogP contribution in [0.15, 0.2) is 18.2 Å². The Morgan fingerprint density at radius 3 is 2.50 bits per heavy atom. The Hall–Kier alpha value is -1.02. The minimum absolute atomic E-state index is 0.229. The summed E-state index contributed by atoms with van der Waals surface area (Å²) in [5.74, 6) is 0. The lowest BCUT2D eigenvalue weighted by Gasteiger charge is -2.17. The van der Waals surface area contributed by atoms with E-state index in [1.165, 1.54) is 16.8 Å². The first-order chi connectivity index (χ1) is 6.50. The number of aryl methyl sites for hydroxylation is 1. The summed E-state index contributed by atoms with van der Waals surface area (Å²) in [6, 6.07) is 6.77. The van der Waals surface area contributed by atoms with Gasteiger partial charge in [-0.25, -0.2) is 0 Å². The third kappa shape index (κ3) is 2.74. The van der Waals surface area contributed by atoms with Crippen molar-refractivity contribution in [3.05, 3.63) is 29.3 Å². The van der Waals surface area contributed by atoms with Gasteiger partial charge in [0.15, 0.2) is 0 Å². The van der Waals surface area contributed by atoms with Gasteiger partial charge < -0.3 is 10.6 Å². The highest BCUT2D eigenvalue weighted by atomic mass is 15.1. The van der Waals surface area contributed by atoms with Gasteiger partial charge in [-0.15, -0.1) is 0 Å². The van der Waals surface area contributed by atoms with Gasteiger partial charge in [-0.05, 0) is 37.5 Å². The first-order valence-electron chi connectivity index (χ1n) is 5.03. The second-order valence-electron chi connectivity index (χ2n) is 4.20. The fourth-order valence-electron chi connectivity index (χ4n) is 1.64. The van der Waals surface area contributed by atoms with Gasteiger partial charge in [0.05, 0.1) is 0 Å². The summed E-state index contributed by atoms with van der Waals surface area (Å²) in [7, 11) is 4.13. The van der Waals surface area contributed by atoms with Crippen molar-refractivity contribution in [1.29, 1.82) is 0 Å². The largest absolute Gasteiger partial charge is 0.377 e. The molecule has 0 radical (unpaired) electrons. The molecule has 1 rings (SSSR count). The van der Waals surface area contributed by atoms with E-state index in [2.05, 4.69) is 44.1 Å². The quantitative estimate of drug-likeness (QED) is 0.793. The van der Waals surface area contributed by atoms with Crippen LogP contribution in [-0.2, 0) is 6.42 Å². The minimum atomic E-state index is 0.229. The molecule has 0 bridgehead atoms. The molecular weight excluding hydrogens is 172 g/mol. The molecule has 0 aromatic heterocycles. The molecule has 0 saturated carbocycles. The molecule has 0 spiro atoms. The zero-order valence-electron chi connectivity index (χ0n) is 9.54. The standard InChI is InChI=1S/C12H20N2/c1-9-5-6-11(7-10(2)13)8-12(9)14(3)4/h5-6,8,10H,7,13H2,1-4H3. The van der Waals surface area contributed by atoms with Gasteiger partial charge in [0.1, 0.15) is 0 Å². The molecule has 0 saturated heterocycles. The Bertz CT molecular complexity index is 303. The van der Waals surface area contributed by atoms with Crippen LogP contribution in [0.25, 0.3) is 0 Å². The summed E-state index contributed by atoms with van der Waals surface area (Å²) < 4.78 is 0. The number of nitrogens with two attached hydrogens (primary N) is 1. The zero-order chi connectivity index (χ0) is 10.7. The van der Waals surface area contributed by atoms with Gasteiger partial charge in [0.25, 0.3) is 0 Å². The number of hydrogen-bond donors (Lipinski definition) is 1. The van der Waals surface area contributed by atoms with Gasteiger partial charge >= 0.3 is 0 Å². The number of hydrogen-bond acceptors (Lipinski definition) is 2. The Kier molecular flexibility index (Phi) is 3.53. The van der Waals surface area contributed by atoms with Crippen LogP contribution in [0.4, 0.5) is 5.69 Å². The molecule has 1 aromatic carbocycles. The highest BCUT2D eigenvalue weighted by Crippen LogP contribution is 2.19. The molecule has 0 aliphatic heterocycles. The lowest BCUT2D eigenvalue weighted by Crippen LogP contribution is -2.18. The monoisotopic (exact) mass is 192 g/mol. The zero-order valence-corrected chi connectivity index (χ0v) is 9.54. The van der Waals surface area contributed by atoms with Gasteiger partial charge in [0, 0.05) is 25.8 Å². The smallest absolute Gasteiger partial charge is 0.0393 e. The maximum atomic E-state index is 5.78. The topological polar surface area (TPSA) is 29.3 Å². The van der Waals surface area contributed by atoms with Gasteiger partial charge in [0.2, 0.25) is 0 Å². The van der Waals surface area contributed by atoms with E-state index in [0.717, 1.165) is 6.42 Å². The van der Waals surface area contributed by atoms with Crippen LogP contribution in [0.1, 0.15) is 18.1 Å². The summed E-state index contributed by atoms with van der Waals surface area (Å²) in [5.41, 5.74) is 9.68. The molecule has 0 amide bonds. The minimum Gasteiger partial charge on any atom is -0.377 e. The fourth-order valence-corrected chi connectivity index (χ4v) is 1.64. The van der Waals surface area contributed by atoms with Gasteiger partial charge in [-0.2, -0.15) is 0 Å². The van der Waals surface area contributed by atoms with Crippen LogP contribution in [0, 0.1) is 6.92 Å². The predicted molar refractivity (Wildman–Crippen MR) is 62.9 cm³/mol. The van der Waals surface area contributed by atoms with E-state index < -0.39 is 0 Å². The average molecular weight is 192 g/mol. The van der Waals surface area contributed by atoms with Crippen LogP contribution >= 0.6 is 0 Å². The van der Waals surface area contributed by atoms with E-state index >= 15 is 0 Å². The summed E-state index contributed by atoms with van der Waals surface area (Å²) >= 11 is 0. The van der Waals surface area contributed by atoms with Crippen LogP contribution < -0.4 is 10.6 Å². The van der Waals surface area contributed by atoms with E-state index in [1.807, 2.05) is 6.92 Å². The molecule has 78 valence electrons. The Balaban J connectivity index is 2.94. The van der Waals surface area contributed by atoms with E-state index in [-0.39, 0.29) is 6.04 Å². The maximum Gasteiger partial charge on any atom is 0.0393 e. The van der Waals surface area contributed by atoms with Crippen molar-refractivity contribution in [2.45, 2.75) is 26.3 Å². The molecule has 2 heteroatoms. The van der Waals surface area contributed by atoms with Gasteiger partial charge in [-0.1, -0.05) is 12.1 Å². The van der Waals surface area contributed by atoms with E-state index in [1.54, 1.807) is 0 Å². The Labute approximate surface area is 86.7 Å². The van der Waals surface area contributed by atoms with E-state index in [9.17, 15) is 0 Å². The van der Waals surface area contributed by atoms with Crippen LogP contribution in [0.5, 0.6) is 0 Å². The highest BCUT2D eigenvalue weighted by Gasteiger charge is 2.03. The van der Waals surface area contributed by atoms with Crippen molar-refractivity contribution < 1.29 is 0 Å². The fraction of sp³-hybridized carbons (Fsp3) is 0.500. The van der Waals surface area contributed by atoms with Crippen LogP contribution in [-0.4, -0.2) is 20.1 Å². The Morgan fingerprint density at radius 2 is 2.00 bits per heavy atom. The van der Waals surface area contributed by atoms with E-state index in [4.69, 9.17) is 5.73 Å². The second kappa shape index (κ2) is 4.47. The maximum absolute atomic E-state index is 5.78. The lowest BCUT2D eigenvalue weighted by atomic mass is 10.0. The van der Waals surface area contributed by atoms with Crippen molar-refractivity contribution >= 4 is 5.69 Å². The normalized spacial score (nSPS) is 12.6. The summed E-state index contributed by atoms with van der Waals surface area (Å²) in [5, 5.41) is 0. The van der Waals surface area contributed by atoms with Gasteiger partial charge in [-0.3, -0.25) is 0 Å². The third-order valence-corrected chi connectivity index (χ3v) is 2.31. The first-order valence-corrected chi connectivity index (χ1v) is 5.03. The summed E-state index contributed by atoms with van der Waals surface area (Å²) in [6.45, 7) is 4.17. The molecule has 0 aliphatic carbocycles. The molecule has 2 N–H and O–H groups in total. The van der Waals surface area contributed by atoms with Crippen molar-refractivity contribution in [3.8, 4) is 0 Å². The SMILES string of the molecule is Cc1ccc(CC(C)N)cc1N(C)C. The second-order valence-corrected chi connectivity index (χ2v) is 4.20. The number of nitrogens with zero attached hydrogens (tertiary/aromatic N) is 1.